The predicted octanol–water partition coefficient (Wildman–Crippen LogP) is 3.99. The Morgan fingerprint density at radius 3 is 2.38 bits per heavy atom. The van der Waals surface area contributed by atoms with Crippen LogP contribution in [0.4, 0.5) is 13.2 Å². The van der Waals surface area contributed by atoms with Gasteiger partial charge in [-0.05, 0) is 12.1 Å². The first-order valence-electron chi connectivity index (χ1n) is 5.79. The summed E-state index contributed by atoms with van der Waals surface area (Å²) in [4.78, 5) is 10.5. The lowest BCUT2D eigenvalue weighted by atomic mass is 10.1. The van der Waals surface area contributed by atoms with E-state index in [2.05, 4.69) is 0 Å². The Morgan fingerprint density at radius 1 is 1.10 bits per heavy atom. The summed E-state index contributed by atoms with van der Waals surface area (Å²) in [7, 11) is 0. The van der Waals surface area contributed by atoms with E-state index in [-0.39, 0.29) is 17.1 Å². The molecular formula is C15H9F3O3. The van der Waals surface area contributed by atoms with E-state index in [1.165, 1.54) is 12.1 Å². The number of para-hydroxylation sites is 1. The summed E-state index contributed by atoms with van der Waals surface area (Å²) in [6.07, 6.45) is 1.92. The third-order valence-corrected chi connectivity index (χ3v) is 2.46. The van der Waals surface area contributed by atoms with Gasteiger partial charge < -0.3 is 9.84 Å². The van der Waals surface area contributed by atoms with E-state index in [1.807, 2.05) is 0 Å². The summed E-state index contributed by atoms with van der Waals surface area (Å²) in [5.74, 6) is -4.30. The quantitative estimate of drug-likeness (QED) is 0.867. The number of halogens is 3. The molecule has 2 aromatic carbocycles. The minimum atomic E-state index is -1.22. The number of aliphatic carboxylic acids is 1. The Morgan fingerprint density at radius 2 is 1.76 bits per heavy atom. The van der Waals surface area contributed by atoms with E-state index in [4.69, 9.17) is 9.84 Å². The molecule has 0 aromatic heterocycles. The molecule has 0 amide bonds. The predicted molar refractivity (Wildman–Crippen MR) is 69.5 cm³/mol. The summed E-state index contributed by atoms with van der Waals surface area (Å²) in [6.45, 7) is 0. The van der Waals surface area contributed by atoms with Gasteiger partial charge in [-0.15, -0.1) is 0 Å². The maximum Gasteiger partial charge on any atom is 0.328 e. The van der Waals surface area contributed by atoms with Crippen molar-refractivity contribution < 1.29 is 27.8 Å². The van der Waals surface area contributed by atoms with Crippen LogP contribution in [0.1, 0.15) is 5.56 Å². The smallest absolute Gasteiger partial charge is 0.328 e. The maximum atomic E-state index is 13.8. The summed E-state index contributed by atoms with van der Waals surface area (Å²) in [5.41, 5.74) is 0.127. The molecule has 0 unspecified atom stereocenters. The molecule has 0 atom stereocenters. The van der Waals surface area contributed by atoms with Crippen LogP contribution < -0.4 is 4.74 Å². The van der Waals surface area contributed by atoms with Crippen molar-refractivity contribution in [1.82, 2.24) is 0 Å². The molecule has 6 heteroatoms. The van der Waals surface area contributed by atoms with Crippen LogP contribution in [0, 0.1) is 17.5 Å². The van der Waals surface area contributed by atoms with Gasteiger partial charge >= 0.3 is 5.97 Å². The van der Waals surface area contributed by atoms with Gasteiger partial charge in [-0.2, -0.15) is 0 Å². The molecule has 0 spiro atoms. The molecule has 0 aliphatic rings. The lowest BCUT2D eigenvalue weighted by Gasteiger charge is -2.10. The van der Waals surface area contributed by atoms with Crippen LogP contribution in [-0.4, -0.2) is 11.1 Å². The lowest BCUT2D eigenvalue weighted by molar-refractivity contribution is -0.131. The van der Waals surface area contributed by atoms with E-state index < -0.39 is 23.4 Å². The fourth-order valence-electron chi connectivity index (χ4n) is 1.63. The average Bonchev–Trinajstić information content (AvgIpc) is 2.38. The number of carboxylic acids is 1. The fourth-order valence-corrected chi connectivity index (χ4v) is 1.63. The molecule has 21 heavy (non-hydrogen) atoms. The lowest BCUT2D eigenvalue weighted by Crippen LogP contribution is -1.94. The van der Waals surface area contributed by atoms with Gasteiger partial charge in [0, 0.05) is 29.8 Å². The zero-order valence-corrected chi connectivity index (χ0v) is 10.5. The minimum Gasteiger partial charge on any atom is -0.478 e. The van der Waals surface area contributed by atoms with Crippen LogP contribution in [0.3, 0.4) is 0 Å². The van der Waals surface area contributed by atoms with Crippen molar-refractivity contribution in [3.63, 3.8) is 0 Å². The Hall–Kier alpha value is -2.76. The third kappa shape index (κ3) is 3.85. The van der Waals surface area contributed by atoms with Crippen LogP contribution in [0.15, 0.2) is 42.5 Å². The van der Waals surface area contributed by atoms with Gasteiger partial charge in [0.25, 0.3) is 0 Å². The molecule has 0 bridgehead atoms. The van der Waals surface area contributed by atoms with Crippen molar-refractivity contribution in [2.24, 2.45) is 0 Å². The summed E-state index contributed by atoms with van der Waals surface area (Å²) < 4.78 is 45.1. The molecule has 0 heterocycles. The van der Waals surface area contributed by atoms with E-state index >= 15 is 0 Å². The number of hydrogen-bond acceptors (Lipinski definition) is 2. The molecule has 3 nitrogen and oxygen atoms in total. The second-order valence-corrected chi connectivity index (χ2v) is 4.04. The van der Waals surface area contributed by atoms with Gasteiger partial charge in [0.05, 0.1) is 0 Å². The highest BCUT2D eigenvalue weighted by Gasteiger charge is 2.11. The first kappa shape index (κ1) is 14.6. The minimum absolute atomic E-state index is 0.127. The van der Waals surface area contributed by atoms with Crippen LogP contribution in [-0.2, 0) is 4.79 Å². The van der Waals surface area contributed by atoms with Crippen LogP contribution in [0.2, 0.25) is 0 Å². The number of carbonyl (C=O) groups is 1. The number of carboxylic acid groups (broad SMARTS) is 1. The summed E-state index contributed by atoms with van der Waals surface area (Å²) in [6, 6.07) is 6.28. The molecular weight excluding hydrogens is 285 g/mol. The Bertz CT molecular complexity index is 691. The van der Waals surface area contributed by atoms with E-state index in [9.17, 15) is 18.0 Å². The highest BCUT2D eigenvalue weighted by molar-refractivity contribution is 5.85. The van der Waals surface area contributed by atoms with Gasteiger partial charge in [-0.1, -0.05) is 12.1 Å². The number of benzene rings is 2. The topological polar surface area (TPSA) is 46.5 Å². The third-order valence-electron chi connectivity index (χ3n) is 2.46. The summed E-state index contributed by atoms with van der Waals surface area (Å²) in [5, 5.41) is 8.58. The summed E-state index contributed by atoms with van der Waals surface area (Å²) >= 11 is 0. The number of rotatable bonds is 4. The first-order chi connectivity index (χ1) is 9.95. The molecule has 0 saturated heterocycles. The van der Waals surface area contributed by atoms with Gasteiger partial charge in [-0.3, -0.25) is 0 Å². The standard InChI is InChI=1S/C15H9F3O3/c16-10-6-11(17)8-12(7-10)21-15-9(4-5-14(19)20)2-1-3-13(15)18/h1-8H,(H,19,20)/b5-4+. The van der Waals surface area contributed by atoms with Crippen molar-refractivity contribution in [3.05, 3.63) is 65.5 Å². The van der Waals surface area contributed by atoms with Crippen LogP contribution >= 0.6 is 0 Å². The molecule has 0 aliphatic carbocycles. The van der Waals surface area contributed by atoms with E-state index in [0.29, 0.717) is 6.07 Å². The van der Waals surface area contributed by atoms with Crippen molar-refractivity contribution in [1.29, 1.82) is 0 Å². The van der Waals surface area contributed by atoms with Crippen molar-refractivity contribution in [3.8, 4) is 11.5 Å². The molecule has 0 radical (unpaired) electrons. The Balaban J connectivity index is 2.40. The van der Waals surface area contributed by atoms with Gasteiger partial charge in [0.1, 0.15) is 17.4 Å². The molecule has 2 rings (SSSR count). The highest BCUT2D eigenvalue weighted by atomic mass is 19.1. The zero-order valence-electron chi connectivity index (χ0n) is 10.5. The second kappa shape index (κ2) is 6.13. The zero-order chi connectivity index (χ0) is 15.4. The molecule has 0 saturated carbocycles. The SMILES string of the molecule is O=C(O)/C=C/c1cccc(F)c1Oc1cc(F)cc(F)c1. The van der Waals surface area contributed by atoms with Crippen molar-refractivity contribution in [2.75, 3.05) is 0 Å². The normalized spacial score (nSPS) is 10.8. The Labute approximate surface area is 117 Å². The fraction of sp³-hybridized carbons (Fsp3) is 0. The number of hydrogen-bond donors (Lipinski definition) is 1. The monoisotopic (exact) mass is 294 g/mol. The van der Waals surface area contributed by atoms with E-state index in [0.717, 1.165) is 30.4 Å². The Kier molecular flexibility index (Phi) is 4.27. The first-order valence-corrected chi connectivity index (χ1v) is 5.79. The van der Waals surface area contributed by atoms with Crippen LogP contribution in [0.25, 0.3) is 6.08 Å². The molecule has 0 aliphatic heterocycles. The molecule has 1 N–H and O–H groups in total. The molecule has 108 valence electrons. The van der Waals surface area contributed by atoms with Gasteiger partial charge in [0.15, 0.2) is 11.6 Å². The second-order valence-electron chi connectivity index (χ2n) is 4.04. The maximum absolute atomic E-state index is 13.8. The molecule has 2 aromatic rings. The van der Waals surface area contributed by atoms with E-state index in [1.54, 1.807) is 0 Å². The van der Waals surface area contributed by atoms with Crippen molar-refractivity contribution >= 4 is 12.0 Å². The van der Waals surface area contributed by atoms with Crippen LogP contribution in [0.5, 0.6) is 11.5 Å². The van der Waals surface area contributed by atoms with Crippen molar-refractivity contribution in [2.45, 2.75) is 0 Å². The number of ether oxygens (including phenoxy) is 1. The highest BCUT2D eigenvalue weighted by Crippen LogP contribution is 2.30. The van der Waals surface area contributed by atoms with Gasteiger partial charge in [-0.25, -0.2) is 18.0 Å². The molecule has 0 fully saturated rings. The average molecular weight is 294 g/mol. The largest absolute Gasteiger partial charge is 0.478 e. The van der Waals surface area contributed by atoms with Gasteiger partial charge in [0.2, 0.25) is 0 Å².